The minimum Gasteiger partial charge on any atom is -0.344 e. The van der Waals surface area contributed by atoms with Crippen molar-refractivity contribution < 1.29 is 0 Å². The zero-order chi connectivity index (χ0) is 14.1. The fourth-order valence-electron chi connectivity index (χ4n) is 2.79. The third-order valence-corrected chi connectivity index (χ3v) is 5.39. The zero-order valence-electron chi connectivity index (χ0n) is 12.1. The SMILES string of the molecule is c1ccc(CN2CCN(c3nnc(C4CC4)s3)CC2)cc1. The van der Waals surface area contributed by atoms with Gasteiger partial charge in [0.15, 0.2) is 0 Å². The summed E-state index contributed by atoms with van der Waals surface area (Å²) in [4.78, 5) is 4.92. The van der Waals surface area contributed by atoms with Crippen molar-refractivity contribution in [1.82, 2.24) is 15.1 Å². The van der Waals surface area contributed by atoms with Gasteiger partial charge in [0.2, 0.25) is 5.13 Å². The summed E-state index contributed by atoms with van der Waals surface area (Å²) in [7, 11) is 0. The van der Waals surface area contributed by atoms with E-state index in [4.69, 9.17) is 0 Å². The van der Waals surface area contributed by atoms with Gasteiger partial charge in [-0.15, -0.1) is 10.2 Å². The molecule has 2 fully saturated rings. The summed E-state index contributed by atoms with van der Waals surface area (Å²) in [6, 6.07) is 10.7. The van der Waals surface area contributed by atoms with E-state index in [1.807, 2.05) is 0 Å². The number of anilines is 1. The minimum atomic E-state index is 0.718. The Balaban J connectivity index is 1.33. The quantitative estimate of drug-likeness (QED) is 0.869. The molecule has 1 saturated carbocycles. The number of piperazine rings is 1. The van der Waals surface area contributed by atoms with Crippen LogP contribution in [0.3, 0.4) is 0 Å². The second-order valence-electron chi connectivity index (χ2n) is 5.95. The van der Waals surface area contributed by atoms with Gasteiger partial charge in [0.1, 0.15) is 5.01 Å². The van der Waals surface area contributed by atoms with Gasteiger partial charge in [-0.3, -0.25) is 4.90 Å². The Morgan fingerprint density at radius 2 is 1.76 bits per heavy atom. The highest BCUT2D eigenvalue weighted by atomic mass is 32.1. The molecule has 4 rings (SSSR count). The molecule has 2 heterocycles. The van der Waals surface area contributed by atoms with Crippen LogP contribution in [0.4, 0.5) is 5.13 Å². The highest BCUT2D eigenvalue weighted by Crippen LogP contribution is 2.42. The zero-order valence-corrected chi connectivity index (χ0v) is 12.9. The Labute approximate surface area is 129 Å². The van der Waals surface area contributed by atoms with E-state index < -0.39 is 0 Å². The molecule has 0 radical (unpaired) electrons. The van der Waals surface area contributed by atoms with Gasteiger partial charge in [0.05, 0.1) is 0 Å². The molecule has 5 heteroatoms. The Kier molecular flexibility index (Phi) is 3.61. The van der Waals surface area contributed by atoms with Crippen LogP contribution in [0, 0.1) is 0 Å². The van der Waals surface area contributed by atoms with Gasteiger partial charge in [-0.2, -0.15) is 0 Å². The summed E-state index contributed by atoms with van der Waals surface area (Å²) in [6.45, 7) is 5.39. The molecule has 0 spiro atoms. The second kappa shape index (κ2) is 5.73. The molecule has 0 unspecified atom stereocenters. The maximum absolute atomic E-state index is 4.39. The van der Waals surface area contributed by atoms with Gasteiger partial charge in [-0.25, -0.2) is 0 Å². The van der Waals surface area contributed by atoms with Crippen LogP contribution >= 0.6 is 11.3 Å². The van der Waals surface area contributed by atoms with Crippen molar-refractivity contribution in [2.75, 3.05) is 31.1 Å². The molecule has 1 aromatic heterocycles. The van der Waals surface area contributed by atoms with E-state index in [2.05, 4.69) is 50.3 Å². The molecule has 1 aliphatic carbocycles. The number of nitrogens with zero attached hydrogens (tertiary/aromatic N) is 4. The van der Waals surface area contributed by atoms with Crippen molar-refractivity contribution in [3.8, 4) is 0 Å². The summed E-state index contributed by atoms with van der Waals surface area (Å²) < 4.78 is 0. The third-order valence-electron chi connectivity index (χ3n) is 4.25. The molecule has 4 nitrogen and oxygen atoms in total. The summed E-state index contributed by atoms with van der Waals surface area (Å²) >= 11 is 1.80. The van der Waals surface area contributed by atoms with Crippen molar-refractivity contribution in [3.63, 3.8) is 0 Å². The largest absolute Gasteiger partial charge is 0.344 e. The first-order valence-electron chi connectivity index (χ1n) is 7.73. The van der Waals surface area contributed by atoms with E-state index in [1.165, 1.54) is 23.4 Å². The van der Waals surface area contributed by atoms with Gasteiger partial charge < -0.3 is 4.90 Å². The molecule has 0 N–H and O–H groups in total. The van der Waals surface area contributed by atoms with Gasteiger partial charge in [0.25, 0.3) is 0 Å². The van der Waals surface area contributed by atoms with Gasteiger partial charge in [-0.05, 0) is 18.4 Å². The molecule has 0 amide bonds. The van der Waals surface area contributed by atoms with Crippen LogP contribution in [-0.4, -0.2) is 41.3 Å². The summed E-state index contributed by atoms with van der Waals surface area (Å²) in [5.74, 6) is 0.718. The van der Waals surface area contributed by atoms with E-state index >= 15 is 0 Å². The third kappa shape index (κ3) is 3.09. The second-order valence-corrected chi connectivity index (χ2v) is 6.93. The molecule has 1 saturated heterocycles. The number of rotatable bonds is 4. The summed E-state index contributed by atoms with van der Waals surface area (Å²) in [6.07, 6.45) is 2.61. The fraction of sp³-hybridized carbons (Fsp3) is 0.500. The Morgan fingerprint density at radius 1 is 1.00 bits per heavy atom. The number of hydrogen-bond donors (Lipinski definition) is 0. The fourth-order valence-corrected chi connectivity index (χ4v) is 3.85. The van der Waals surface area contributed by atoms with E-state index in [1.54, 1.807) is 11.3 Å². The van der Waals surface area contributed by atoms with Crippen molar-refractivity contribution in [2.24, 2.45) is 0 Å². The van der Waals surface area contributed by atoms with Crippen molar-refractivity contribution in [3.05, 3.63) is 40.9 Å². The van der Waals surface area contributed by atoms with E-state index in [-0.39, 0.29) is 0 Å². The van der Waals surface area contributed by atoms with Crippen molar-refractivity contribution >= 4 is 16.5 Å². The van der Waals surface area contributed by atoms with Crippen LogP contribution in [0.25, 0.3) is 0 Å². The molecule has 2 aliphatic rings. The monoisotopic (exact) mass is 300 g/mol. The van der Waals surface area contributed by atoms with Crippen LogP contribution in [0.5, 0.6) is 0 Å². The Morgan fingerprint density at radius 3 is 2.48 bits per heavy atom. The van der Waals surface area contributed by atoms with E-state index in [9.17, 15) is 0 Å². The Hall–Kier alpha value is -1.46. The van der Waals surface area contributed by atoms with Crippen LogP contribution in [0.2, 0.25) is 0 Å². The van der Waals surface area contributed by atoms with E-state index in [0.717, 1.165) is 43.8 Å². The van der Waals surface area contributed by atoms with Crippen LogP contribution in [0.1, 0.15) is 29.3 Å². The maximum Gasteiger partial charge on any atom is 0.208 e. The first-order valence-corrected chi connectivity index (χ1v) is 8.55. The predicted molar refractivity (Wildman–Crippen MR) is 85.8 cm³/mol. The van der Waals surface area contributed by atoms with Gasteiger partial charge in [-0.1, -0.05) is 41.7 Å². The topological polar surface area (TPSA) is 32.3 Å². The number of aromatic nitrogens is 2. The summed E-state index contributed by atoms with van der Waals surface area (Å²) in [5.41, 5.74) is 1.40. The smallest absolute Gasteiger partial charge is 0.208 e. The van der Waals surface area contributed by atoms with Crippen molar-refractivity contribution in [2.45, 2.75) is 25.3 Å². The molecule has 1 aromatic carbocycles. The van der Waals surface area contributed by atoms with Gasteiger partial charge in [0, 0.05) is 38.6 Å². The molecule has 0 bridgehead atoms. The molecular formula is C16H20N4S. The Bertz CT molecular complexity index is 585. The first-order chi connectivity index (χ1) is 10.4. The number of hydrogen-bond acceptors (Lipinski definition) is 5. The van der Waals surface area contributed by atoms with Crippen LogP contribution in [0.15, 0.2) is 30.3 Å². The van der Waals surface area contributed by atoms with Crippen LogP contribution in [-0.2, 0) is 6.54 Å². The first kappa shape index (κ1) is 13.2. The van der Waals surface area contributed by atoms with Crippen LogP contribution < -0.4 is 4.90 Å². The lowest BCUT2D eigenvalue weighted by atomic mass is 10.2. The summed E-state index contributed by atoms with van der Waals surface area (Å²) in [5, 5.41) is 11.1. The van der Waals surface area contributed by atoms with E-state index in [0.29, 0.717) is 0 Å². The average Bonchev–Trinajstić information content (AvgIpc) is 3.27. The normalized spacial score (nSPS) is 19.9. The molecular weight excluding hydrogens is 280 g/mol. The lowest BCUT2D eigenvalue weighted by Crippen LogP contribution is -2.45. The molecule has 0 atom stereocenters. The minimum absolute atomic E-state index is 0.718. The molecule has 1 aliphatic heterocycles. The lowest BCUT2D eigenvalue weighted by molar-refractivity contribution is 0.249. The lowest BCUT2D eigenvalue weighted by Gasteiger charge is -2.34. The standard InChI is InChI=1S/C16H20N4S/c1-2-4-13(5-3-1)12-19-8-10-20(11-9-19)16-18-17-15(21-16)14-6-7-14/h1-5,14H,6-12H2. The number of benzene rings is 1. The molecule has 2 aromatic rings. The maximum atomic E-state index is 4.39. The average molecular weight is 300 g/mol. The molecule has 21 heavy (non-hydrogen) atoms. The van der Waals surface area contributed by atoms with Crippen molar-refractivity contribution in [1.29, 1.82) is 0 Å². The highest BCUT2D eigenvalue weighted by Gasteiger charge is 2.29. The van der Waals surface area contributed by atoms with Gasteiger partial charge >= 0.3 is 0 Å². The molecule has 110 valence electrons. The highest BCUT2D eigenvalue weighted by molar-refractivity contribution is 7.15. The predicted octanol–water partition coefficient (Wildman–Crippen LogP) is 2.74.